The van der Waals surface area contributed by atoms with Gasteiger partial charge in [0.25, 0.3) is 0 Å². The minimum atomic E-state index is -1.76. The van der Waals surface area contributed by atoms with Gasteiger partial charge in [-0.05, 0) is 111 Å². The van der Waals surface area contributed by atoms with Crippen LogP contribution in [0, 0.1) is 17.8 Å². The third-order valence-electron chi connectivity index (χ3n) is 16.9. The van der Waals surface area contributed by atoms with Gasteiger partial charge in [-0.2, -0.15) is 0 Å². The molecule has 18 heteroatoms. The molecule has 17 nitrogen and oxygen atoms in total. The minimum absolute atomic E-state index is 0.0593. The van der Waals surface area contributed by atoms with Crippen LogP contribution in [0.2, 0.25) is 0 Å². The summed E-state index contributed by atoms with van der Waals surface area (Å²) in [4.78, 5) is 23.2. The van der Waals surface area contributed by atoms with Crippen molar-refractivity contribution < 1.29 is 57.3 Å². The number of pyridine rings is 1. The first-order valence-electron chi connectivity index (χ1n) is 27.4. The lowest BCUT2D eigenvalue weighted by Crippen LogP contribution is -2.59. The van der Waals surface area contributed by atoms with Gasteiger partial charge in [-0.1, -0.05) is 38.1 Å². The summed E-state index contributed by atoms with van der Waals surface area (Å²) in [5, 5.41) is 28.4. The Labute approximate surface area is 447 Å². The van der Waals surface area contributed by atoms with E-state index in [1.54, 1.807) is 40.5 Å². The number of aromatic nitrogens is 1. The summed E-state index contributed by atoms with van der Waals surface area (Å²) >= 11 is 0. The number of likely N-dealkylation sites (N-methyl/N-ethyl adjacent to an activating group) is 1. The fourth-order valence-electron chi connectivity index (χ4n) is 12.0. The highest BCUT2D eigenvalue weighted by Gasteiger charge is 2.53. The van der Waals surface area contributed by atoms with Gasteiger partial charge < -0.3 is 68.2 Å². The first kappa shape index (κ1) is 60.7. The Morgan fingerprint density at radius 2 is 1.69 bits per heavy atom. The molecule has 5 heterocycles. The number of methoxy groups -OCH3 is 2. The number of carbonyl (C=O) groups excluding carboxylic acids is 1. The molecule has 2 bridgehead atoms. The number of benzene rings is 1. The van der Waals surface area contributed by atoms with Gasteiger partial charge in [-0.25, -0.2) is 15.2 Å². The summed E-state index contributed by atoms with van der Waals surface area (Å²) < 4.78 is 66.4. The second kappa shape index (κ2) is 26.4. The smallest absolute Gasteiger partial charge is 0.311 e. The summed E-state index contributed by atoms with van der Waals surface area (Å²) in [7, 11) is 9.17. The standard InChI is InChI=1S/C57H93FN6O11/c1-15-47-57(9,67)52(65)39(6)63(12)32-41-28-56(8,70-34-41)53(37(4)51(38(5)54(66)73-47)74-50-29-55(7,69-14)27-36(3)72-50)75-49-26-45(24-35(2)71-49)62(11)23-22-44(60-10)33-64(59)46(30-58)25-40-16-18-42(19-17-40)43-20-21-48(68-13)61-31-43/h16-21,31,33,35-39,41,45-47,49-53,60,65,67H,15,22-30,32,34,59H2,1-14H3/b44-33-/t35-,36+,37+,38-,39-,41-,45+,46+,47-,49+,50+,51+,52-,53-,55+,56-,57-/m1/s1. The number of cyclic esters (lactones) is 1. The minimum Gasteiger partial charge on any atom is -0.481 e. The molecule has 0 spiro atoms. The average Bonchev–Trinajstić information content (AvgIpc) is 3.77. The number of esters is 1. The van der Waals surface area contributed by atoms with Crippen molar-refractivity contribution in [3.05, 3.63) is 60.1 Å². The lowest BCUT2D eigenvalue weighted by molar-refractivity contribution is -0.291. The van der Waals surface area contributed by atoms with Crippen LogP contribution < -0.4 is 15.9 Å². The van der Waals surface area contributed by atoms with E-state index < -0.39 is 90.4 Å². The molecule has 1 aromatic carbocycles. The van der Waals surface area contributed by atoms with E-state index in [9.17, 15) is 19.4 Å². The third kappa shape index (κ3) is 15.2. The Morgan fingerprint density at radius 1 is 1.00 bits per heavy atom. The van der Waals surface area contributed by atoms with Gasteiger partial charge in [0.1, 0.15) is 24.5 Å². The van der Waals surface area contributed by atoms with Crippen LogP contribution >= 0.6 is 0 Å². The van der Waals surface area contributed by atoms with Gasteiger partial charge in [0.05, 0.1) is 61.3 Å². The molecule has 4 aliphatic heterocycles. The van der Waals surface area contributed by atoms with Crippen molar-refractivity contribution in [2.75, 3.05) is 61.7 Å². The molecule has 0 saturated carbocycles. The molecule has 0 aliphatic carbocycles. The summed E-state index contributed by atoms with van der Waals surface area (Å²) in [5.74, 6) is 5.26. The van der Waals surface area contributed by atoms with Crippen LogP contribution in [0.25, 0.3) is 11.1 Å². The first-order valence-corrected chi connectivity index (χ1v) is 27.4. The SMILES string of the molecule is CC[C@H]1OC(=O)[C@H](C)[C@@H](O[C@H]2C[C@@](C)(OC)C[C@H](C)O2)[C@H](C)[C@@H](O[C@H]2C[C@@H](N(C)CC/C(=C/N(N)[C@H](CF)Cc3ccc(-c4ccc(OC)nc4)cc3)NC)C[C@@H](C)O2)[C@@]2(C)C[C@@H](CO2)CN(C)[C@H](C)[C@@H](O)[C@]1(C)O. The van der Waals surface area contributed by atoms with E-state index in [0.717, 1.165) is 28.8 Å². The van der Waals surface area contributed by atoms with Crippen LogP contribution in [-0.4, -0.2) is 182 Å². The van der Waals surface area contributed by atoms with E-state index in [4.69, 9.17) is 43.7 Å². The highest BCUT2D eigenvalue weighted by Crippen LogP contribution is 2.44. The van der Waals surface area contributed by atoms with E-state index >= 15 is 0 Å². The molecule has 4 aliphatic rings. The van der Waals surface area contributed by atoms with E-state index in [-0.39, 0.29) is 30.6 Å². The zero-order chi connectivity index (χ0) is 55.0. The molecule has 424 valence electrons. The number of aliphatic hydroxyl groups excluding tert-OH is 1. The van der Waals surface area contributed by atoms with E-state index in [0.29, 0.717) is 64.1 Å². The normalized spacial score (nSPS) is 37.1. The molecule has 75 heavy (non-hydrogen) atoms. The summed E-state index contributed by atoms with van der Waals surface area (Å²) in [5.41, 5.74) is 0.670. The largest absolute Gasteiger partial charge is 0.481 e. The Morgan fingerprint density at radius 3 is 2.32 bits per heavy atom. The highest BCUT2D eigenvalue weighted by molar-refractivity contribution is 5.73. The van der Waals surface area contributed by atoms with Gasteiger partial charge in [0, 0.05) is 101 Å². The summed E-state index contributed by atoms with van der Waals surface area (Å²) in [6.07, 6.45) is 2.61. The molecule has 2 aromatic rings. The molecule has 0 unspecified atom stereocenters. The van der Waals surface area contributed by atoms with Crippen LogP contribution in [0.15, 0.2) is 54.5 Å². The fraction of sp³-hybridized carbons (Fsp3) is 0.754. The number of nitrogens with zero attached hydrogens (tertiary/aromatic N) is 4. The van der Waals surface area contributed by atoms with Crippen LogP contribution in [0.1, 0.15) is 113 Å². The molecule has 0 radical (unpaired) electrons. The predicted octanol–water partition coefficient (Wildman–Crippen LogP) is 6.63. The van der Waals surface area contributed by atoms with Gasteiger partial charge in [0.2, 0.25) is 5.88 Å². The lowest BCUT2D eigenvalue weighted by Gasteiger charge is -2.47. The Hall–Kier alpha value is -3.53. The molecular formula is C57H93FN6O11. The molecule has 5 N–H and O–H groups in total. The van der Waals surface area contributed by atoms with Gasteiger partial charge >= 0.3 is 5.97 Å². The molecule has 1 aromatic heterocycles. The maximum absolute atomic E-state index is 14.6. The number of carbonyl (C=O) groups is 1. The van der Waals surface area contributed by atoms with Crippen LogP contribution in [0.5, 0.6) is 5.88 Å². The van der Waals surface area contributed by atoms with Crippen molar-refractivity contribution in [3.63, 3.8) is 0 Å². The van der Waals surface area contributed by atoms with Crippen molar-refractivity contribution in [3.8, 4) is 17.0 Å². The van der Waals surface area contributed by atoms with E-state index in [1.807, 2.05) is 90.0 Å². The monoisotopic (exact) mass is 1060 g/mol. The molecular weight excluding hydrogens is 964 g/mol. The number of aliphatic hydroxyl groups is 2. The van der Waals surface area contributed by atoms with Gasteiger partial charge in [0.15, 0.2) is 12.6 Å². The second-order valence-electron chi connectivity index (χ2n) is 23.0. The van der Waals surface area contributed by atoms with Crippen molar-refractivity contribution in [2.24, 2.45) is 23.6 Å². The van der Waals surface area contributed by atoms with Crippen LogP contribution in [0.3, 0.4) is 0 Å². The van der Waals surface area contributed by atoms with Crippen molar-refractivity contribution in [1.82, 2.24) is 25.1 Å². The Kier molecular flexibility index (Phi) is 21.4. The number of ether oxygens (including phenoxy) is 8. The van der Waals surface area contributed by atoms with Gasteiger partial charge in [-0.3, -0.25) is 4.79 Å². The zero-order valence-corrected chi connectivity index (χ0v) is 47.5. The number of rotatable bonds is 18. The lowest BCUT2D eigenvalue weighted by atomic mass is 9.78. The maximum atomic E-state index is 14.6. The Bertz CT molecular complexity index is 2130. The molecule has 6 rings (SSSR count). The summed E-state index contributed by atoms with van der Waals surface area (Å²) in [6, 6.07) is 10.8. The van der Waals surface area contributed by atoms with Gasteiger partial charge in [-0.15, -0.1) is 0 Å². The predicted molar refractivity (Wildman–Crippen MR) is 286 cm³/mol. The van der Waals surface area contributed by atoms with Crippen molar-refractivity contribution in [1.29, 1.82) is 0 Å². The molecule has 4 fully saturated rings. The zero-order valence-electron chi connectivity index (χ0n) is 47.5. The van der Waals surface area contributed by atoms with Crippen molar-refractivity contribution in [2.45, 2.75) is 198 Å². The first-order chi connectivity index (χ1) is 35.5. The van der Waals surface area contributed by atoms with Crippen LogP contribution in [0.4, 0.5) is 4.39 Å². The Balaban J connectivity index is 1.20. The summed E-state index contributed by atoms with van der Waals surface area (Å²) in [6.45, 7) is 18.4. The molecule has 4 saturated heterocycles. The van der Waals surface area contributed by atoms with Crippen LogP contribution in [-0.2, 0) is 44.4 Å². The van der Waals surface area contributed by atoms with E-state index in [1.165, 1.54) is 5.01 Å². The number of halogens is 1. The number of hydrogen-bond acceptors (Lipinski definition) is 17. The number of nitrogens with one attached hydrogen (secondary N) is 1. The number of hydrogen-bond donors (Lipinski definition) is 4. The number of nitrogens with two attached hydrogens (primary N) is 1. The molecule has 17 atom stereocenters. The number of fused-ring (bicyclic) bond motifs is 2. The highest BCUT2D eigenvalue weighted by atomic mass is 19.1. The average molecular weight is 1060 g/mol. The number of alkyl halides is 1. The molecule has 0 amide bonds. The maximum Gasteiger partial charge on any atom is 0.311 e. The third-order valence-corrected chi connectivity index (χ3v) is 16.9. The topological polar surface area (TPSA) is 192 Å². The quantitative estimate of drug-likeness (QED) is 0.0707. The van der Waals surface area contributed by atoms with Crippen molar-refractivity contribution >= 4 is 5.97 Å². The van der Waals surface area contributed by atoms with E-state index in [2.05, 4.69) is 36.1 Å². The second-order valence-corrected chi connectivity index (χ2v) is 23.0. The number of hydrazine groups is 1. The fourth-order valence-corrected chi connectivity index (χ4v) is 12.0.